The molecule has 1 aromatic heterocycles. The third kappa shape index (κ3) is 4.03. The zero-order valence-corrected chi connectivity index (χ0v) is 15.5. The number of aryl methyl sites for hydroxylation is 1. The van der Waals surface area contributed by atoms with Crippen molar-refractivity contribution < 1.29 is 8.42 Å². The van der Waals surface area contributed by atoms with Gasteiger partial charge in [0.15, 0.2) is 0 Å². The van der Waals surface area contributed by atoms with Crippen LogP contribution in [0.4, 0.5) is 5.69 Å². The molecule has 1 heterocycles. The van der Waals surface area contributed by atoms with Crippen molar-refractivity contribution in [1.82, 2.24) is 9.78 Å². The van der Waals surface area contributed by atoms with Gasteiger partial charge < -0.3 is 0 Å². The lowest BCUT2D eigenvalue weighted by Crippen LogP contribution is -2.15. The van der Waals surface area contributed by atoms with Gasteiger partial charge in [-0.3, -0.25) is 4.72 Å². The van der Waals surface area contributed by atoms with Gasteiger partial charge in [0.2, 0.25) is 10.0 Å². The van der Waals surface area contributed by atoms with E-state index in [2.05, 4.69) is 9.82 Å². The second-order valence-electron chi connectivity index (χ2n) is 5.79. The SMILES string of the molecule is Cc1nn(-c2ccc(NS(=O)(=O)Cc3ccccc3)cc2)c(C)c1Cl. The lowest BCUT2D eigenvalue weighted by molar-refractivity contribution is 0.600. The van der Waals surface area contributed by atoms with E-state index in [0.29, 0.717) is 10.7 Å². The number of hydrogen-bond donors (Lipinski definition) is 1. The van der Waals surface area contributed by atoms with Gasteiger partial charge in [-0.2, -0.15) is 5.10 Å². The summed E-state index contributed by atoms with van der Waals surface area (Å²) in [5, 5.41) is 5.02. The molecule has 0 radical (unpaired) electrons. The third-order valence-electron chi connectivity index (χ3n) is 3.79. The fourth-order valence-electron chi connectivity index (χ4n) is 2.56. The van der Waals surface area contributed by atoms with Crippen molar-refractivity contribution in [3.8, 4) is 5.69 Å². The molecule has 130 valence electrons. The Bertz CT molecular complexity index is 981. The molecule has 0 amide bonds. The van der Waals surface area contributed by atoms with Crippen LogP contribution in [0.1, 0.15) is 17.0 Å². The molecule has 0 bridgehead atoms. The zero-order valence-electron chi connectivity index (χ0n) is 13.9. The molecule has 25 heavy (non-hydrogen) atoms. The van der Waals surface area contributed by atoms with Gasteiger partial charge in [-0.1, -0.05) is 41.9 Å². The summed E-state index contributed by atoms with van der Waals surface area (Å²) in [6.45, 7) is 3.73. The molecule has 0 aliphatic carbocycles. The summed E-state index contributed by atoms with van der Waals surface area (Å²) in [4.78, 5) is 0. The van der Waals surface area contributed by atoms with Gasteiger partial charge in [-0.25, -0.2) is 13.1 Å². The maximum absolute atomic E-state index is 12.3. The molecule has 3 aromatic rings. The van der Waals surface area contributed by atoms with Crippen molar-refractivity contribution >= 4 is 27.3 Å². The van der Waals surface area contributed by atoms with Crippen molar-refractivity contribution in [2.75, 3.05) is 4.72 Å². The van der Waals surface area contributed by atoms with Crippen LogP contribution in [0.15, 0.2) is 54.6 Å². The predicted molar refractivity (Wildman–Crippen MR) is 101 cm³/mol. The second kappa shape index (κ2) is 6.90. The van der Waals surface area contributed by atoms with E-state index in [1.807, 2.05) is 32.0 Å². The maximum atomic E-state index is 12.3. The van der Waals surface area contributed by atoms with Gasteiger partial charge in [0, 0.05) is 5.69 Å². The summed E-state index contributed by atoms with van der Waals surface area (Å²) >= 11 is 6.17. The molecular weight excluding hydrogens is 358 g/mol. The van der Waals surface area contributed by atoms with E-state index >= 15 is 0 Å². The van der Waals surface area contributed by atoms with Gasteiger partial charge in [-0.15, -0.1) is 0 Å². The molecule has 5 nitrogen and oxygen atoms in total. The molecule has 0 spiro atoms. The Balaban J connectivity index is 1.77. The summed E-state index contributed by atoms with van der Waals surface area (Å²) in [5.41, 5.74) is 3.66. The van der Waals surface area contributed by atoms with E-state index in [0.717, 1.165) is 22.6 Å². The van der Waals surface area contributed by atoms with Gasteiger partial charge >= 0.3 is 0 Å². The van der Waals surface area contributed by atoms with Crippen LogP contribution in [-0.2, 0) is 15.8 Å². The Morgan fingerprint density at radius 2 is 1.68 bits per heavy atom. The summed E-state index contributed by atoms with van der Waals surface area (Å²) in [7, 11) is -3.47. The first-order valence-electron chi connectivity index (χ1n) is 7.72. The van der Waals surface area contributed by atoms with Crippen molar-refractivity contribution in [2.24, 2.45) is 0 Å². The van der Waals surface area contributed by atoms with Crippen molar-refractivity contribution in [1.29, 1.82) is 0 Å². The topological polar surface area (TPSA) is 64.0 Å². The Labute approximate surface area is 152 Å². The fourth-order valence-corrected chi connectivity index (χ4v) is 3.87. The van der Waals surface area contributed by atoms with Crippen molar-refractivity contribution in [3.05, 3.63) is 76.6 Å². The number of halogens is 1. The average Bonchev–Trinajstić information content (AvgIpc) is 2.83. The van der Waals surface area contributed by atoms with E-state index < -0.39 is 10.0 Å². The number of aromatic nitrogens is 2. The maximum Gasteiger partial charge on any atom is 0.236 e. The average molecular weight is 376 g/mol. The highest BCUT2D eigenvalue weighted by Gasteiger charge is 2.13. The minimum absolute atomic E-state index is 0.0668. The Morgan fingerprint density at radius 3 is 2.24 bits per heavy atom. The van der Waals surface area contributed by atoms with Gasteiger partial charge in [0.05, 0.1) is 27.9 Å². The summed E-state index contributed by atoms with van der Waals surface area (Å²) in [6.07, 6.45) is 0. The smallest absolute Gasteiger partial charge is 0.236 e. The van der Waals surface area contributed by atoms with Crippen LogP contribution in [-0.4, -0.2) is 18.2 Å². The van der Waals surface area contributed by atoms with Crippen LogP contribution < -0.4 is 4.72 Å². The minimum Gasteiger partial charge on any atom is -0.283 e. The number of anilines is 1. The summed E-state index contributed by atoms with van der Waals surface area (Å²) < 4.78 is 28.9. The fraction of sp³-hybridized carbons (Fsp3) is 0.167. The zero-order chi connectivity index (χ0) is 18.0. The second-order valence-corrected chi connectivity index (χ2v) is 7.89. The number of hydrogen-bond acceptors (Lipinski definition) is 3. The van der Waals surface area contributed by atoms with Crippen LogP contribution in [0.3, 0.4) is 0 Å². The highest BCUT2D eigenvalue weighted by Crippen LogP contribution is 2.23. The molecule has 0 unspecified atom stereocenters. The summed E-state index contributed by atoms with van der Waals surface area (Å²) in [5.74, 6) is -0.0668. The van der Waals surface area contributed by atoms with Gasteiger partial charge in [-0.05, 0) is 43.7 Å². The molecule has 0 saturated heterocycles. The lowest BCUT2D eigenvalue weighted by Gasteiger charge is -2.10. The van der Waals surface area contributed by atoms with Crippen molar-refractivity contribution in [3.63, 3.8) is 0 Å². The van der Waals surface area contributed by atoms with Crippen LogP contribution in [0.25, 0.3) is 5.69 Å². The largest absolute Gasteiger partial charge is 0.283 e. The number of benzene rings is 2. The van der Waals surface area contributed by atoms with Gasteiger partial charge in [0.25, 0.3) is 0 Å². The first-order valence-corrected chi connectivity index (χ1v) is 9.75. The molecule has 2 aromatic carbocycles. The van der Waals surface area contributed by atoms with Crippen LogP contribution in [0.5, 0.6) is 0 Å². The monoisotopic (exact) mass is 375 g/mol. The highest BCUT2D eigenvalue weighted by molar-refractivity contribution is 7.91. The molecule has 0 atom stereocenters. The van der Waals surface area contributed by atoms with Crippen LogP contribution in [0, 0.1) is 13.8 Å². The number of nitrogens with one attached hydrogen (secondary N) is 1. The Hall–Kier alpha value is -2.31. The molecule has 1 N–H and O–H groups in total. The Morgan fingerprint density at radius 1 is 1.04 bits per heavy atom. The lowest BCUT2D eigenvalue weighted by atomic mass is 10.2. The van der Waals surface area contributed by atoms with E-state index in [1.54, 1.807) is 41.1 Å². The van der Waals surface area contributed by atoms with E-state index in [1.165, 1.54) is 0 Å². The minimum atomic E-state index is -3.47. The molecule has 0 aliphatic heterocycles. The molecule has 3 rings (SSSR count). The quantitative estimate of drug-likeness (QED) is 0.730. The third-order valence-corrected chi connectivity index (χ3v) is 5.59. The van der Waals surface area contributed by atoms with E-state index in [-0.39, 0.29) is 5.75 Å². The molecule has 0 fully saturated rings. The van der Waals surface area contributed by atoms with Crippen molar-refractivity contribution in [2.45, 2.75) is 19.6 Å². The molecular formula is C18H18ClN3O2S. The number of sulfonamides is 1. The van der Waals surface area contributed by atoms with Gasteiger partial charge in [0.1, 0.15) is 0 Å². The number of rotatable bonds is 5. The van der Waals surface area contributed by atoms with E-state index in [9.17, 15) is 8.42 Å². The Kier molecular flexibility index (Phi) is 4.83. The molecule has 7 heteroatoms. The summed E-state index contributed by atoms with van der Waals surface area (Å²) in [6, 6.07) is 16.1. The predicted octanol–water partition coefficient (Wildman–Crippen LogP) is 4.08. The molecule has 0 aliphatic rings. The van der Waals surface area contributed by atoms with Crippen LogP contribution >= 0.6 is 11.6 Å². The first-order chi connectivity index (χ1) is 11.9. The number of nitrogens with zero attached hydrogens (tertiary/aromatic N) is 2. The van der Waals surface area contributed by atoms with Crippen LogP contribution in [0.2, 0.25) is 5.02 Å². The highest BCUT2D eigenvalue weighted by atomic mass is 35.5. The first kappa shape index (κ1) is 17.5. The van der Waals surface area contributed by atoms with E-state index in [4.69, 9.17) is 11.6 Å². The normalized spacial score (nSPS) is 11.5. The standard InChI is InChI=1S/C18H18ClN3O2S/c1-13-18(19)14(2)22(20-13)17-10-8-16(9-11-17)21-25(23,24)12-15-6-4-3-5-7-15/h3-11,21H,12H2,1-2H3. The molecule has 0 saturated carbocycles.